The van der Waals surface area contributed by atoms with Crippen molar-refractivity contribution >= 4 is 11.0 Å². The van der Waals surface area contributed by atoms with E-state index >= 15 is 0 Å². The molecule has 0 N–H and O–H groups in total. The van der Waals surface area contributed by atoms with E-state index in [9.17, 15) is 0 Å². The highest BCUT2D eigenvalue weighted by molar-refractivity contribution is 5.90. The van der Waals surface area contributed by atoms with Gasteiger partial charge in [0.15, 0.2) is 5.65 Å². The Hall–Kier alpha value is -2.34. The number of hydrogen-bond donors (Lipinski definition) is 0. The molecule has 0 aromatic carbocycles. The van der Waals surface area contributed by atoms with Crippen LogP contribution in [0.1, 0.15) is 24.8 Å². The van der Waals surface area contributed by atoms with Gasteiger partial charge in [-0.3, -0.25) is 4.98 Å². The van der Waals surface area contributed by atoms with Crippen LogP contribution < -0.4 is 0 Å². The second-order valence-electron chi connectivity index (χ2n) is 6.42. The van der Waals surface area contributed by atoms with E-state index in [4.69, 9.17) is 0 Å². The van der Waals surface area contributed by atoms with E-state index in [-0.39, 0.29) is 0 Å². The third kappa shape index (κ3) is 2.89. The van der Waals surface area contributed by atoms with Crippen molar-refractivity contribution in [1.29, 1.82) is 0 Å². The minimum absolute atomic E-state index is 0.867. The Morgan fingerprint density at radius 3 is 2.75 bits per heavy atom. The molecule has 24 heavy (non-hydrogen) atoms. The summed E-state index contributed by atoms with van der Waals surface area (Å²) in [5, 5.41) is 5.56. The Bertz CT molecular complexity index is 834. The zero-order valence-corrected chi connectivity index (χ0v) is 14.0. The molecule has 6 nitrogen and oxygen atoms in total. The van der Waals surface area contributed by atoms with E-state index in [1.165, 1.54) is 32.4 Å². The topological polar surface area (TPSA) is 59.7 Å². The van der Waals surface area contributed by atoms with Gasteiger partial charge >= 0.3 is 0 Å². The standard InChI is InChI=1S/C18H22N6/c1-14-5-6-19-11-15(14)17-16-12-22-24(18(16)21-13-20-17)10-9-23-7-3-2-4-8-23/h5-6,11-13H,2-4,7-10H2,1H3. The molecule has 0 spiro atoms. The van der Waals surface area contributed by atoms with Gasteiger partial charge in [-0.05, 0) is 44.5 Å². The van der Waals surface area contributed by atoms with Crippen molar-refractivity contribution in [3.8, 4) is 11.3 Å². The predicted molar refractivity (Wildman–Crippen MR) is 93.6 cm³/mol. The zero-order valence-electron chi connectivity index (χ0n) is 14.0. The molecular formula is C18H22N6. The van der Waals surface area contributed by atoms with Gasteiger partial charge in [0, 0.05) is 24.5 Å². The quantitative estimate of drug-likeness (QED) is 0.739. The normalized spacial score (nSPS) is 15.9. The van der Waals surface area contributed by atoms with Crippen LogP contribution in [0.15, 0.2) is 31.0 Å². The lowest BCUT2D eigenvalue weighted by Gasteiger charge is -2.26. The maximum Gasteiger partial charge on any atom is 0.161 e. The van der Waals surface area contributed by atoms with Gasteiger partial charge in [0.2, 0.25) is 0 Å². The average Bonchev–Trinajstić information content (AvgIpc) is 3.05. The molecule has 0 atom stereocenters. The lowest BCUT2D eigenvalue weighted by molar-refractivity contribution is 0.219. The number of aryl methyl sites for hydroxylation is 1. The average molecular weight is 322 g/mol. The Kier molecular flexibility index (Phi) is 4.21. The van der Waals surface area contributed by atoms with Crippen molar-refractivity contribution in [3.05, 3.63) is 36.5 Å². The van der Waals surface area contributed by atoms with Crippen LogP contribution in [0.25, 0.3) is 22.3 Å². The van der Waals surface area contributed by atoms with Crippen LogP contribution in [0.4, 0.5) is 0 Å². The molecule has 0 radical (unpaired) electrons. The molecule has 1 saturated heterocycles. The first-order chi connectivity index (χ1) is 11.8. The zero-order chi connectivity index (χ0) is 16.4. The van der Waals surface area contributed by atoms with Gasteiger partial charge in [0.05, 0.1) is 23.8 Å². The second kappa shape index (κ2) is 6.65. The fraction of sp³-hybridized carbons (Fsp3) is 0.444. The molecule has 1 aliphatic rings. The van der Waals surface area contributed by atoms with E-state index in [0.29, 0.717) is 0 Å². The number of hydrogen-bond acceptors (Lipinski definition) is 5. The SMILES string of the molecule is Cc1ccncc1-c1ncnc2c1cnn2CCN1CCCCC1. The minimum atomic E-state index is 0.867. The molecule has 0 aliphatic carbocycles. The third-order valence-corrected chi connectivity index (χ3v) is 4.80. The highest BCUT2D eigenvalue weighted by atomic mass is 15.3. The van der Waals surface area contributed by atoms with Gasteiger partial charge in [-0.15, -0.1) is 0 Å². The van der Waals surface area contributed by atoms with E-state index in [0.717, 1.165) is 40.9 Å². The molecule has 3 aromatic rings. The van der Waals surface area contributed by atoms with Gasteiger partial charge < -0.3 is 4.90 Å². The molecule has 0 unspecified atom stereocenters. The van der Waals surface area contributed by atoms with Crippen LogP contribution in [0.5, 0.6) is 0 Å². The molecule has 0 bridgehead atoms. The largest absolute Gasteiger partial charge is 0.301 e. The molecule has 0 amide bonds. The van der Waals surface area contributed by atoms with Crippen molar-refractivity contribution in [2.75, 3.05) is 19.6 Å². The summed E-state index contributed by atoms with van der Waals surface area (Å²) >= 11 is 0. The summed E-state index contributed by atoms with van der Waals surface area (Å²) in [6.07, 6.45) is 11.2. The monoisotopic (exact) mass is 322 g/mol. The summed E-state index contributed by atoms with van der Waals surface area (Å²) in [5.41, 5.74) is 4.02. The minimum Gasteiger partial charge on any atom is -0.301 e. The van der Waals surface area contributed by atoms with E-state index in [1.807, 2.05) is 23.1 Å². The molecular weight excluding hydrogens is 300 g/mol. The second-order valence-corrected chi connectivity index (χ2v) is 6.42. The molecule has 1 aliphatic heterocycles. The van der Waals surface area contributed by atoms with Crippen LogP contribution in [0.3, 0.4) is 0 Å². The van der Waals surface area contributed by atoms with Crippen molar-refractivity contribution in [3.63, 3.8) is 0 Å². The highest BCUT2D eigenvalue weighted by Crippen LogP contribution is 2.26. The number of aromatic nitrogens is 5. The van der Waals surface area contributed by atoms with Gasteiger partial charge in [-0.1, -0.05) is 6.42 Å². The van der Waals surface area contributed by atoms with Gasteiger partial charge in [-0.2, -0.15) is 5.10 Å². The first-order valence-corrected chi connectivity index (χ1v) is 8.63. The molecule has 1 fully saturated rings. The number of rotatable bonds is 4. The summed E-state index contributed by atoms with van der Waals surface area (Å²) in [6.45, 7) is 6.38. The summed E-state index contributed by atoms with van der Waals surface area (Å²) < 4.78 is 2.00. The molecule has 6 heteroatoms. The fourth-order valence-corrected chi connectivity index (χ4v) is 3.40. The van der Waals surface area contributed by atoms with Crippen molar-refractivity contribution in [2.45, 2.75) is 32.7 Å². The van der Waals surface area contributed by atoms with Crippen LogP contribution in [0.2, 0.25) is 0 Å². The van der Waals surface area contributed by atoms with Crippen LogP contribution in [-0.2, 0) is 6.54 Å². The number of pyridine rings is 1. The lowest BCUT2D eigenvalue weighted by atomic mass is 10.1. The number of piperidine rings is 1. The van der Waals surface area contributed by atoms with Crippen LogP contribution >= 0.6 is 0 Å². The summed E-state index contributed by atoms with van der Waals surface area (Å²) in [4.78, 5) is 15.7. The van der Waals surface area contributed by atoms with Crippen LogP contribution in [-0.4, -0.2) is 49.3 Å². The first-order valence-electron chi connectivity index (χ1n) is 8.63. The predicted octanol–water partition coefficient (Wildman–Crippen LogP) is 2.68. The fourth-order valence-electron chi connectivity index (χ4n) is 3.40. The summed E-state index contributed by atoms with van der Waals surface area (Å²) in [7, 11) is 0. The molecule has 124 valence electrons. The maximum absolute atomic E-state index is 4.56. The van der Waals surface area contributed by atoms with E-state index in [1.54, 1.807) is 12.5 Å². The van der Waals surface area contributed by atoms with Crippen molar-refractivity contribution < 1.29 is 0 Å². The van der Waals surface area contributed by atoms with Crippen LogP contribution in [0, 0.1) is 6.92 Å². The number of fused-ring (bicyclic) bond motifs is 1. The summed E-state index contributed by atoms with van der Waals surface area (Å²) in [5.74, 6) is 0. The Labute approximate surface area is 141 Å². The van der Waals surface area contributed by atoms with Crippen molar-refractivity contribution in [1.82, 2.24) is 29.6 Å². The Morgan fingerprint density at radius 2 is 1.92 bits per heavy atom. The van der Waals surface area contributed by atoms with Gasteiger partial charge in [-0.25, -0.2) is 14.6 Å². The van der Waals surface area contributed by atoms with Gasteiger partial charge in [0.25, 0.3) is 0 Å². The Morgan fingerprint density at radius 1 is 1.04 bits per heavy atom. The summed E-state index contributed by atoms with van der Waals surface area (Å²) in [6, 6.07) is 2.00. The van der Waals surface area contributed by atoms with E-state index in [2.05, 4.69) is 31.9 Å². The van der Waals surface area contributed by atoms with Crippen molar-refractivity contribution in [2.24, 2.45) is 0 Å². The molecule has 4 rings (SSSR count). The third-order valence-electron chi connectivity index (χ3n) is 4.80. The lowest BCUT2D eigenvalue weighted by Crippen LogP contribution is -2.32. The first kappa shape index (κ1) is 15.2. The molecule has 0 saturated carbocycles. The van der Waals surface area contributed by atoms with E-state index < -0.39 is 0 Å². The molecule has 4 heterocycles. The number of likely N-dealkylation sites (tertiary alicyclic amines) is 1. The Balaban J connectivity index is 1.63. The maximum atomic E-state index is 4.56. The smallest absolute Gasteiger partial charge is 0.161 e. The number of nitrogens with zero attached hydrogens (tertiary/aromatic N) is 6. The van der Waals surface area contributed by atoms with Gasteiger partial charge in [0.1, 0.15) is 6.33 Å². The molecule has 3 aromatic heterocycles. The highest BCUT2D eigenvalue weighted by Gasteiger charge is 2.14.